The fourth-order valence-corrected chi connectivity index (χ4v) is 3.62. The normalized spacial score (nSPS) is 44.9. The predicted octanol–water partition coefficient (Wildman–Crippen LogP) is 4.53. The summed E-state index contributed by atoms with van der Waals surface area (Å²) in [6.07, 6.45) is 10.7. The van der Waals surface area contributed by atoms with Crippen molar-refractivity contribution in [2.75, 3.05) is 0 Å². The summed E-state index contributed by atoms with van der Waals surface area (Å²) in [6, 6.07) is 2.51. The van der Waals surface area contributed by atoms with Crippen molar-refractivity contribution in [1.82, 2.24) is 0 Å². The van der Waals surface area contributed by atoms with Crippen molar-refractivity contribution in [2.45, 2.75) is 65.2 Å². The smallest absolute Gasteiger partial charge is 0.0686 e. The van der Waals surface area contributed by atoms with Crippen LogP contribution in [0.2, 0.25) is 0 Å². The third-order valence-corrected chi connectivity index (χ3v) is 5.13. The molecule has 0 atom stereocenters. The van der Waals surface area contributed by atoms with E-state index in [4.69, 9.17) is 5.26 Å². The third-order valence-electron chi connectivity index (χ3n) is 5.13. The molecule has 2 aliphatic carbocycles. The molecule has 0 saturated heterocycles. The van der Waals surface area contributed by atoms with Gasteiger partial charge in [0.15, 0.2) is 0 Å². The molecule has 0 N–H and O–H groups in total. The molecule has 0 heterocycles. The Bertz CT molecular complexity index is 260. The lowest BCUT2D eigenvalue weighted by molar-refractivity contribution is 0.133. The second-order valence-corrected chi connectivity index (χ2v) is 6.53. The van der Waals surface area contributed by atoms with Gasteiger partial charge in [-0.25, -0.2) is 0 Å². The minimum atomic E-state index is -0.00153. The van der Waals surface area contributed by atoms with Crippen LogP contribution in [0, 0.1) is 34.5 Å². The Morgan fingerprint density at radius 1 is 0.938 bits per heavy atom. The van der Waals surface area contributed by atoms with Crippen molar-refractivity contribution in [1.29, 1.82) is 5.26 Å². The van der Waals surface area contributed by atoms with Crippen molar-refractivity contribution >= 4 is 0 Å². The lowest BCUT2D eigenvalue weighted by atomic mass is 9.66. The Hall–Kier alpha value is -0.510. The molecule has 0 spiro atoms. The van der Waals surface area contributed by atoms with Crippen LogP contribution in [0.25, 0.3) is 0 Å². The molecule has 0 aliphatic heterocycles. The van der Waals surface area contributed by atoms with Gasteiger partial charge in [-0.2, -0.15) is 5.26 Å². The van der Waals surface area contributed by atoms with E-state index >= 15 is 0 Å². The van der Waals surface area contributed by atoms with Gasteiger partial charge in [0.25, 0.3) is 0 Å². The van der Waals surface area contributed by atoms with E-state index < -0.39 is 0 Å². The van der Waals surface area contributed by atoms with Crippen LogP contribution in [0.5, 0.6) is 0 Å². The first-order valence-electron chi connectivity index (χ1n) is 7.04. The van der Waals surface area contributed by atoms with Crippen LogP contribution < -0.4 is 0 Å². The van der Waals surface area contributed by atoms with Gasteiger partial charge in [0.2, 0.25) is 0 Å². The first-order chi connectivity index (χ1) is 7.63. The molecular formula is C15H25N. The summed E-state index contributed by atoms with van der Waals surface area (Å²) in [5.74, 6) is 2.89. The highest BCUT2D eigenvalue weighted by atomic mass is 14.4. The van der Waals surface area contributed by atoms with Gasteiger partial charge in [-0.15, -0.1) is 0 Å². The monoisotopic (exact) mass is 219 g/mol. The SMILES string of the molecule is CC1(C#N)CCC([C@H]2CC[C@H](C)CC2)CC1. The van der Waals surface area contributed by atoms with E-state index in [0.29, 0.717) is 0 Å². The van der Waals surface area contributed by atoms with E-state index in [9.17, 15) is 0 Å². The van der Waals surface area contributed by atoms with Crippen molar-refractivity contribution < 1.29 is 0 Å². The Labute approximate surface area is 100 Å². The van der Waals surface area contributed by atoms with Crippen LogP contribution in [-0.2, 0) is 0 Å². The van der Waals surface area contributed by atoms with Crippen molar-refractivity contribution in [3.8, 4) is 6.07 Å². The van der Waals surface area contributed by atoms with Crippen molar-refractivity contribution in [3.63, 3.8) is 0 Å². The van der Waals surface area contributed by atoms with E-state index in [1.54, 1.807) is 0 Å². The predicted molar refractivity (Wildman–Crippen MR) is 66.8 cm³/mol. The van der Waals surface area contributed by atoms with Gasteiger partial charge < -0.3 is 0 Å². The molecule has 0 aromatic heterocycles. The highest BCUT2D eigenvalue weighted by Crippen LogP contribution is 2.44. The molecule has 16 heavy (non-hydrogen) atoms. The van der Waals surface area contributed by atoms with Crippen molar-refractivity contribution in [3.05, 3.63) is 0 Å². The molecule has 2 fully saturated rings. The molecule has 2 rings (SSSR count). The molecule has 0 amide bonds. The number of rotatable bonds is 1. The number of nitrogens with zero attached hydrogens (tertiary/aromatic N) is 1. The average Bonchev–Trinajstić information content (AvgIpc) is 2.32. The lowest BCUT2D eigenvalue weighted by Gasteiger charge is -2.39. The number of hydrogen-bond acceptors (Lipinski definition) is 1. The molecule has 2 aliphatic rings. The van der Waals surface area contributed by atoms with E-state index in [0.717, 1.165) is 30.6 Å². The fraction of sp³-hybridized carbons (Fsp3) is 0.933. The van der Waals surface area contributed by atoms with Crippen LogP contribution in [0.1, 0.15) is 65.2 Å². The molecule has 0 aromatic carbocycles. The first kappa shape index (κ1) is 12.0. The quantitative estimate of drug-likeness (QED) is 0.635. The summed E-state index contributed by atoms with van der Waals surface area (Å²) in [5, 5.41) is 9.13. The maximum absolute atomic E-state index is 9.13. The van der Waals surface area contributed by atoms with E-state index in [1.807, 2.05) is 0 Å². The summed E-state index contributed by atoms with van der Waals surface area (Å²) >= 11 is 0. The summed E-state index contributed by atoms with van der Waals surface area (Å²) in [4.78, 5) is 0. The zero-order valence-electron chi connectivity index (χ0n) is 10.8. The highest BCUT2D eigenvalue weighted by molar-refractivity contribution is 4.99. The van der Waals surface area contributed by atoms with Gasteiger partial charge >= 0.3 is 0 Å². The summed E-state index contributed by atoms with van der Waals surface area (Å²) < 4.78 is 0. The standard InChI is InChI=1S/C15H25N/c1-12-3-5-13(6-4-12)14-7-9-15(2,11-16)10-8-14/h12-14H,3-10H2,1-2H3/t12-,13-,14?,15?. The van der Waals surface area contributed by atoms with Gasteiger partial charge in [-0.1, -0.05) is 19.8 Å². The zero-order valence-corrected chi connectivity index (χ0v) is 10.8. The minimum Gasteiger partial charge on any atom is -0.198 e. The van der Waals surface area contributed by atoms with Crippen LogP contribution in [0.4, 0.5) is 0 Å². The maximum atomic E-state index is 9.13. The molecule has 0 radical (unpaired) electrons. The van der Waals surface area contributed by atoms with Crippen LogP contribution in [0.15, 0.2) is 0 Å². The average molecular weight is 219 g/mol. The molecule has 0 aromatic rings. The first-order valence-corrected chi connectivity index (χ1v) is 7.04. The molecule has 2 saturated carbocycles. The van der Waals surface area contributed by atoms with Gasteiger partial charge in [0.05, 0.1) is 11.5 Å². The number of hydrogen-bond donors (Lipinski definition) is 0. The van der Waals surface area contributed by atoms with E-state index in [1.165, 1.54) is 38.5 Å². The van der Waals surface area contributed by atoms with Crippen LogP contribution in [0.3, 0.4) is 0 Å². The Kier molecular flexibility index (Phi) is 3.57. The van der Waals surface area contributed by atoms with Gasteiger partial charge in [0.1, 0.15) is 0 Å². The highest BCUT2D eigenvalue weighted by Gasteiger charge is 2.35. The molecule has 90 valence electrons. The summed E-state index contributed by atoms with van der Waals surface area (Å²) in [5.41, 5.74) is -0.00153. The molecule has 1 nitrogen and oxygen atoms in total. The minimum absolute atomic E-state index is 0.00153. The molecule has 1 heteroatoms. The summed E-state index contributed by atoms with van der Waals surface area (Å²) in [6.45, 7) is 4.54. The topological polar surface area (TPSA) is 23.8 Å². The number of nitriles is 1. The third kappa shape index (κ3) is 2.59. The van der Waals surface area contributed by atoms with Crippen LogP contribution in [-0.4, -0.2) is 0 Å². The van der Waals surface area contributed by atoms with Crippen molar-refractivity contribution in [2.24, 2.45) is 23.2 Å². The lowest BCUT2D eigenvalue weighted by Crippen LogP contribution is -2.29. The fourth-order valence-electron chi connectivity index (χ4n) is 3.62. The maximum Gasteiger partial charge on any atom is 0.0686 e. The Morgan fingerprint density at radius 3 is 1.94 bits per heavy atom. The second kappa shape index (κ2) is 4.78. The Morgan fingerprint density at radius 2 is 1.44 bits per heavy atom. The molecular weight excluding hydrogens is 194 g/mol. The summed E-state index contributed by atoms with van der Waals surface area (Å²) in [7, 11) is 0. The van der Waals surface area contributed by atoms with E-state index in [2.05, 4.69) is 19.9 Å². The second-order valence-electron chi connectivity index (χ2n) is 6.53. The van der Waals surface area contributed by atoms with Crippen LogP contribution >= 0.6 is 0 Å². The van der Waals surface area contributed by atoms with Gasteiger partial charge in [0, 0.05) is 0 Å². The van der Waals surface area contributed by atoms with Gasteiger partial charge in [-0.05, 0) is 63.2 Å². The van der Waals surface area contributed by atoms with E-state index in [-0.39, 0.29) is 5.41 Å². The largest absolute Gasteiger partial charge is 0.198 e. The van der Waals surface area contributed by atoms with Gasteiger partial charge in [-0.3, -0.25) is 0 Å². The Balaban J connectivity index is 1.83. The zero-order chi connectivity index (χ0) is 11.6. The molecule has 0 bridgehead atoms. The molecule has 0 unspecified atom stereocenters.